The summed E-state index contributed by atoms with van der Waals surface area (Å²) in [6.45, 7) is 4.39. The molecule has 0 fully saturated rings. The van der Waals surface area contributed by atoms with Crippen molar-refractivity contribution in [3.63, 3.8) is 0 Å². The lowest BCUT2D eigenvalue weighted by molar-refractivity contribution is -0.139. The maximum atomic E-state index is 12.2. The number of rotatable bonds is 7. The maximum absolute atomic E-state index is 12.2. The van der Waals surface area contributed by atoms with E-state index >= 15 is 0 Å². The third-order valence-electron chi connectivity index (χ3n) is 3.39. The molecule has 0 aliphatic carbocycles. The molecule has 2 aromatic rings. The fourth-order valence-corrected chi connectivity index (χ4v) is 2.27. The Morgan fingerprint density at radius 2 is 1.96 bits per heavy atom. The molecule has 0 aliphatic rings. The number of carboxylic acids is 1. The van der Waals surface area contributed by atoms with Gasteiger partial charge in [-0.3, -0.25) is 9.48 Å². The minimum absolute atomic E-state index is 0.178. The molecule has 23 heavy (non-hydrogen) atoms. The molecule has 1 aromatic heterocycles. The summed E-state index contributed by atoms with van der Waals surface area (Å²) in [4.78, 5) is 23.4. The van der Waals surface area contributed by atoms with Gasteiger partial charge in [-0.2, -0.15) is 5.10 Å². The van der Waals surface area contributed by atoms with Crippen molar-refractivity contribution >= 4 is 11.9 Å². The van der Waals surface area contributed by atoms with Crippen molar-refractivity contribution in [1.29, 1.82) is 0 Å². The fourth-order valence-electron chi connectivity index (χ4n) is 2.27. The van der Waals surface area contributed by atoms with E-state index < -0.39 is 17.9 Å². The van der Waals surface area contributed by atoms with Crippen LogP contribution >= 0.6 is 0 Å². The van der Waals surface area contributed by atoms with Gasteiger partial charge in [0.2, 0.25) is 0 Å². The summed E-state index contributed by atoms with van der Waals surface area (Å²) in [5.74, 6) is -1.27. The minimum Gasteiger partial charge on any atom is -0.480 e. The number of nitrogens with one attached hydrogen (secondary N) is 1. The lowest BCUT2D eigenvalue weighted by Gasteiger charge is -2.15. The van der Waals surface area contributed by atoms with Crippen LogP contribution in [0.5, 0.6) is 0 Å². The summed E-state index contributed by atoms with van der Waals surface area (Å²) in [5.41, 5.74) is 1.43. The molecule has 0 radical (unpaired) electrons. The molecule has 1 aromatic carbocycles. The first kappa shape index (κ1) is 16.7. The van der Waals surface area contributed by atoms with Crippen molar-refractivity contribution < 1.29 is 14.7 Å². The van der Waals surface area contributed by atoms with Crippen LogP contribution in [-0.4, -0.2) is 32.8 Å². The zero-order valence-corrected chi connectivity index (χ0v) is 13.3. The molecule has 2 rings (SSSR count). The van der Waals surface area contributed by atoms with Crippen molar-refractivity contribution in [3.8, 4) is 0 Å². The lowest BCUT2D eigenvalue weighted by atomic mass is 10.0. The summed E-state index contributed by atoms with van der Waals surface area (Å²) in [6, 6.07) is 8.88. The first-order valence-electron chi connectivity index (χ1n) is 7.55. The van der Waals surface area contributed by atoms with E-state index in [1.54, 1.807) is 10.9 Å². The zero-order chi connectivity index (χ0) is 16.8. The van der Waals surface area contributed by atoms with Gasteiger partial charge in [0, 0.05) is 6.20 Å². The number of hydrogen-bond acceptors (Lipinski definition) is 3. The lowest BCUT2D eigenvalue weighted by Crippen LogP contribution is -2.41. The quantitative estimate of drug-likeness (QED) is 0.820. The first-order chi connectivity index (χ1) is 11.0. The van der Waals surface area contributed by atoms with E-state index in [4.69, 9.17) is 0 Å². The van der Waals surface area contributed by atoms with Crippen LogP contribution in [0.4, 0.5) is 0 Å². The molecule has 0 unspecified atom stereocenters. The van der Waals surface area contributed by atoms with E-state index in [1.165, 1.54) is 6.20 Å². The molecule has 0 saturated carbocycles. The molecule has 6 heteroatoms. The predicted molar refractivity (Wildman–Crippen MR) is 86.1 cm³/mol. The standard InChI is InChI=1S/C17H21N3O3/c1-12(2)8-15(17(22)23)19-16(21)14-9-18-20(11-14)10-13-6-4-3-5-7-13/h3-7,9,11-12,15H,8,10H2,1-2H3,(H,19,21)(H,22,23)/t15-/m1/s1. The van der Waals surface area contributed by atoms with Gasteiger partial charge < -0.3 is 10.4 Å². The Morgan fingerprint density at radius 1 is 1.26 bits per heavy atom. The Bertz CT molecular complexity index is 665. The number of carboxylic acid groups (broad SMARTS) is 1. The van der Waals surface area contributed by atoms with Crippen LogP contribution in [0.25, 0.3) is 0 Å². The highest BCUT2D eigenvalue weighted by molar-refractivity contribution is 5.96. The molecule has 1 amide bonds. The predicted octanol–water partition coefficient (Wildman–Crippen LogP) is 2.16. The SMILES string of the molecule is CC(C)C[C@@H](NC(=O)c1cnn(Cc2ccccc2)c1)C(=O)O. The van der Waals surface area contributed by atoms with Gasteiger partial charge in [0.1, 0.15) is 6.04 Å². The molecule has 122 valence electrons. The normalized spacial score (nSPS) is 12.1. The monoisotopic (exact) mass is 315 g/mol. The second-order valence-corrected chi connectivity index (χ2v) is 5.91. The number of benzene rings is 1. The van der Waals surface area contributed by atoms with E-state index in [0.717, 1.165) is 5.56 Å². The molecule has 1 heterocycles. The summed E-state index contributed by atoms with van der Waals surface area (Å²) < 4.78 is 1.66. The van der Waals surface area contributed by atoms with E-state index in [9.17, 15) is 14.7 Å². The Labute approximate surface area is 135 Å². The number of hydrogen-bond donors (Lipinski definition) is 2. The highest BCUT2D eigenvalue weighted by Crippen LogP contribution is 2.08. The van der Waals surface area contributed by atoms with E-state index in [-0.39, 0.29) is 5.92 Å². The minimum atomic E-state index is -1.02. The average molecular weight is 315 g/mol. The average Bonchev–Trinajstić information content (AvgIpc) is 2.95. The van der Waals surface area contributed by atoms with Crippen LogP contribution in [0.2, 0.25) is 0 Å². The van der Waals surface area contributed by atoms with Gasteiger partial charge in [-0.05, 0) is 17.9 Å². The molecule has 0 aliphatic heterocycles. The number of carbonyl (C=O) groups excluding carboxylic acids is 1. The Balaban J connectivity index is 2.01. The van der Waals surface area contributed by atoms with Crippen molar-refractivity contribution in [2.24, 2.45) is 5.92 Å². The maximum Gasteiger partial charge on any atom is 0.326 e. The van der Waals surface area contributed by atoms with Gasteiger partial charge >= 0.3 is 5.97 Å². The summed E-state index contributed by atoms with van der Waals surface area (Å²) >= 11 is 0. The van der Waals surface area contributed by atoms with Gasteiger partial charge in [-0.25, -0.2) is 4.79 Å². The Morgan fingerprint density at radius 3 is 2.57 bits per heavy atom. The van der Waals surface area contributed by atoms with E-state index in [0.29, 0.717) is 18.5 Å². The van der Waals surface area contributed by atoms with Gasteiger partial charge in [0.25, 0.3) is 5.91 Å². The van der Waals surface area contributed by atoms with Crippen LogP contribution in [0.3, 0.4) is 0 Å². The van der Waals surface area contributed by atoms with Crippen LogP contribution < -0.4 is 5.32 Å². The largest absolute Gasteiger partial charge is 0.480 e. The fraction of sp³-hybridized carbons (Fsp3) is 0.353. The molecule has 0 bridgehead atoms. The van der Waals surface area contributed by atoms with Crippen molar-refractivity contribution in [3.05, 3.63) is 53.9 Å². The number of carbonyl (C=O) groups is 2. The van der Waals surface area contributed by atoms with Crippen LogP contribution in [-0.2, 0) is 11.3 Å². The van der Waals surface area contributed by atoms with Crippen LogP contribution in [0.1, 0.15) is 36.2 Å². The number of aromatic nitrogens is 2. The highest BCUT2D eigenvalue weighted by Gasteiger charge is 2.22. The van der Waals surface area contributed by atoms with Crippen LogP contribution in [0.15, 0.2) is 42.7 Å². The van der Waals surface area contributed by atoms with Gasteiger partial charge in [-0.15, -0.1) is 0 Å². The topological polar surface area (TPSA) is 84.2 Å². The molecule has 0 saturated heterocycles. The molecule has 1 atom stereocenters. The van der Waals surface area contributed by atoms with Crippen molar-refractivity contribution in [2.45, 2.75) is 32.9 Å². The van der Waals surface area contributed by atoms with E-state index in [1.807, 2.05) is 44.2 Å². The summed E-state index contributed by atoms with van der Waals surface area (Å²) in [7, 11) is 0. The Hall–Kier alpha value is -2.63. The summed E-state index contributed by atoms with van der Waals surface area (Å²) in [6.07, 6.45) is 3.46. The molecular weight excluding hydrogens is 294 g/mol. The second-order valence-electron chi connectivity index (χ2n) is 5.91. The number of nitrogens with zero attached hydrogens (tertiary/aromatic N) is 2. The van der Waals surface area contributed by atoms with Crippen LogP contribution in [0, 0.1) is 5.92 Å². The molecule has 6 nitrogen and oxygen atoms in total. The zero-order valence-electron chi connectivity index (χ0n) is 13.3. The van der Waals surface area contributed by atoms with E-state index in [2.05, 4.69) is 10.4 Å². The Kier molecular flexibility index (Phi) is 5.51. The van der Waals surface area contributed by atoms with Gasteiger partial charge in [0.15, 0.2) is 0 Å². The van der Waals surface area contributed by atoms with Crippen molar-refractivity contribution in [1.82, 2.24) is 15.1 Å². The number of amides is 1. The first-order valence-corrected chi connectivity index (χ1v) is 7.55. The second kappa shape index (κ2) is 7.58. The molecule has 2 N–H and O–H groups in total. The third kappa shape index (κ3) is 4.95. The van der Waals surface area contributed by atoms with Gasteiger partial charge in [-0.1, -0.05) is 44.2 Å². The summed E-state index contributed by atoms with van der Waals surface area (Å²) in [5, 5.41) is 15.9. The smallest absolute Gasteiger partial charge is 0.326 e. The third-order valence-corrected chi connectivity index (χ3v) is 3.39. The van der Waals surface area contributed by atoms with Gasteiger partial charge in [0.05, 0.1) is 18.3 Å². The van der Waals surface area contributed by atoms with Crippen molar-refractivity contribution in [2.75, 3.05) is 0 Å². The highest BCUT2D eigenvalue weighted by atomic mass is 16.4. The molecular formula is C17H21N3O3. The molecule has 0 spiro atoms. The number of aliphatic carboxylic acids is 1.